The van der Waals surface area contributed by atoms with E-state index in [2.05, 4.69) is 39.8 Å². The SMILES string of the molecule is CC(C)CC(C)C1CCC2/C(=C/C=C3C[C@@H](O)C(=CCCO)[C@H](O)C3)CCC[C@@]21C. The zero-order chi connectivity index (χ0) is 21.9. The maximum absolute atomic E-state index is 10.5. The number of fused-ring (bicyclic) bond motifs is 1. The molecule has 0 spiro atoms. The van der Waals surface area contributed by atoms with Crippen LogP contribution in [-0.4, -0.2) is 34.1 Å². The van der Waals surface area contributed by atoms with Gasteiger partial charge in [-0.05, 0) is 92.4 Å². The van der Waals surface area contributed by atoms with Crippen LogP contribution >= 0.6 is 0 Å². The van der Waals surface area contributed by atoms with Crippen LogP contribution in [0.2, 0.25) is 0 Å². The van der Waals surface area contributed by atoms with Gasteiger partial charge in [-0.25, -0.2) is 0 Å². The molecule has 0 amide bonds. The highest BCUT2D eigenvalue weighted by atomic mass is 16.3. The minimum Gasteiger partial charge on any atom is -0.396 e. The summed E-state index contributed by atoms with van der Waals surface area (Å²) in [7, 11) is 0. The number of hydrogen-bond acceptors (Lipinski definition) is 3. The molecule has 0 aromatic heterocycles. The molecule has 3 heteroatoms. The van der Waals surface area contributed by atoms with Crippen molar-refractivity contribution >= 4 is 0 Å². The third-order valence-electron chi connectivity index (χ3n) is 8.29. The zero-order valence-electron chi connectivity index (χ0n) is 19.6. The van der Waals surface area contributed by atoms with E-state index in [1.54, 1.807) is 11.6 Å². The van der Waals surface area contributed by atoms with Crippen molar-refractivity contribution in [3.63, 3.8) is 0 Å². The standard InChI is InChI=1S/C27H44O3/c1-18(2)15-19(3)23-11-12-24-21(7-5-13-27(23,24)4)10-9-20-16-25(29)22(8-6-14-28)26(30)17-20/h8-10,18-19,23-26,28-30H,5-7,11-17H2,1-4H3/b20-9?,21-10+,22-8?/t19?,23?,24?,25-,26-,27-/m1/s1. The molecule has 0 heterocycles. The summed E-state index contributed by atoms with van der Waals surface area (Å²) in [6.45, 7) is 9.78. The van der Waals surface area contributed by atoms with E-state index in [1.165, 1.54) is 38.5 Å². The summed E-state index contributed by atoms with van der Waals surface area (Å²) >= 11 is 0. The van der Waals surface area contributed by atoms with Gasteiger partial charge in [-0.15, -0.1) is 0 Å². The lowest BCUT2D eigenvalue weighted by molar-refractivity contribution is 0.0893. The number of hydrogen-bond donors (Lipinski definition) is 3. The van der Waals surface area contributed by atoms with Crippen LogP contribution in [0.4, 0.5) is 0 Å². The van der Waals surface area contributed by atoms with Gasteiger partial charge in [0.2, 0.25) is 0 Å². The van der Waals surface area contributed by atoms with Crippen molar-refractivity contribution in [2.24, 2.45) is 29.1 Å². The van der Waals surface area contributed by atoms with Crippen molar-refractivity contribution < 1.29 is 15.3 Å². The Bertz CT molecular complexity index is 658. The third-order valence-corrected chi connectivity index (χ3v) is 8.29. The Kier molecular flexibility index (Phi) is 8.03. The number of aliphatic hydroxyl groups excluding tert-OH is 3. The smallest absolute Gasteiger partial charge is 0.0812 e. The Morgan fingerprint density at radius 3 is 2.40 bits per heavy atom. The highest BCUT2D eigenvalue weighted by molar-refractivity contribution is 5.30. The summed E-state index contributed by atoms with van der Waals surface area (Å²) in [5.41, 5.74) is 3.85. The topological polar surface area (TPSA) is 60.7 Å². The second kappa shape index (κ2) is 10.1. The molecule has 0 aliphatic heterocycles. The fraction of sp³-hybridized carbons (Fsp3) is 0.778. The molecule has 3 aliphatic carbocycles. The normalized spacial score (nSPS) is 36.9. The maximum atomic E-state index is 10.5. The van der Waals surface area contributed by atoms with Gasteiger partial charge in [-0.2, -0.15) is 0 Å². The molecular weight excluding hydrogens is 372 g/mol. The highest BCUT2D eigenvalue weighted by Gasteiger charge is 2.50. The van der Waals surface area contributed by atoms with Crippen molar-refractivity contribution in [3.8, 4) is 0 Å². The largest absolute Gasteiger partial charge is 0.396 e. The van der Waals surface area contributed by atoms with Crippen LogP contribution in [0.25, 0.3) is 0 Å². The molecule has 3 nitrogen and oxygen atoms in total. The van der Waals surface area contributed by atoms with Gasteiger partial charge in [0.25, 0.3) is 0 Å². The van der Waals surface area contributed by atoms with Gasteiger partial charge in [-0.1, -0.05) is 57.1 Å². The summed E-state index contributed by atoms with van der Waals surface area (Å²) in [5, 5.41) is 29.9. The molecule has 3 saturated carbocycles. The van der Waals surface area contributed by atoms with Gasteiger partial charge in [0.05, 0.1) is 12.2 Å². The first-order valence-electron chi connectivity index (χ1n) is 12.3. The monoisotopic (exact) mass is 416 g/mol. The highest BCUT2D eigenvalue weighted by Crippen LogP contribution is 2.60. The van der Waals surface area contributed by atoms with E-state index >= 15 is 0 Å². The molecule has 3 rings (SSSR count). The second-order valence-electron chi connectivity index (χ2n) is 10.9. The maximum Gasteiger partial charge on any atom is 0.0812 e. The van der Waals surface area contributed by atoms with Gasteiger partial charge >= 0.3 is 0 Å². The van der Waals surface area contributed by atoms with E-state index in [0.29, 0.717) is 36.2 Å². The number of rotatable bonds is 6. The van der Waals surface area contributed by atoms with Crippen LogP contribution in [-0.2, 0) is 0 Å². The van der Waals surface area contributed by atoms with Gasteiger partial charge in [0.1, 0.15) is 0 Å². The van der Waals surface area contributed by atoms with Crippen LogP contribution in [0, 0.1) is 29.1 Å². The second-order valence-corrected chi connectivity index (χ2v) is 10.9. The molecule has 0 radical (unpaired) electrons. The summed E-state index contributed by atoms with van der Waals surface area (Å²) in [5.74, 6) is 3.09. The molecule has 3 aliphatic rings. The van der Waals surface area contributed by atoms with Crippen LogP contribution < -0.4 is 0 Å². The summed E-state index contributed by atoms with van der Waals surface area (Å²) < 4.78 is 0. The lowest BCUT2D eigenvalue weighted by atomic mass is 9.60. The first-order valence-corrected chi connectivity index (χ1v) is 12.3. The van der Waals surface area contributed by atoms with Gasteiger partial charge in [0.15, 0.2) is 0 Å². The molecule has 3 unspecified atom stereocenters. The molecule has 0 aromatic rings. The van der Waals surface area contributed by atoms with Crippen LogP contribution in [0.1, 0.15) is 85.5 Å². The van der Waals surface area contributed by atoms with Crippen molar-refractivity contribution in [1.29, 1.82) is 0 Å². The predicted molar refractivity (Wildman–Crippen MR) is 124 cm³/mol. The van der Waals surface area contributed by atoms with E-state index in [4.69, 9.17) is 5.11 Å². The quantitative estimate of drug-likeness (QED) is 0.497. The van der Waals surface area contributed by atoms with Gasteiger partial charge in [0, 0.05) is 6.61 Å². The Morgan fingerprint density at radius 1 is 1.07 bits per heavy atom. The van der Waals surface area contributed by atoms with Crippen LogP contribution in [0.15, 0.2) is 34.9 Å². The Morgan fingerprint density at radius 2 is 1.77 bits per heavy atom. The fourth-order valence-electron chi connectivity index (χ4n) is 7.02. The van der Waals surface area contributed by atoms with Crippen molar-refractivity contribution in [2.45, 2.75) is 97.7 Å². The molecule has 3 N–H and O–H groups in total. The predicted octanol–water partition coefficient (Wildman–Crippen LogP) is 5.56. The minimum atomic E-state index is -0.630. The molecule has 6 atom stereocenters. The van der Waals surface area contributed by atoms with Crippen molar-refractivity contribution in [3.05, 3.63) is 34.9 Å². The van der Waals surface area contributed by atoms with E-state index in [9.17, 15) is 10.2 Å². The number of allylic oxidation sites excluding steroid dienone is 3. The van der Waals surface area contributed by atoms with Crippen molar-refractivity contribution in [1.82, 2.24) is 0 Å². The molecule has 170 valence electrons. The lowest BCUT2D eigenvalue weighted by Gasteiger charge is -2.44. The summed E-state index contributed by atoms with van der Waals surface area (Å²) in [6.07, 6.45) is 14.6. The van der Waals surface area contributed by atoms with E-state index in [-0.39, 0.29) is 6.61 Å². The first kappa shape index (κ1) is 23.8. The number of aliphatic hydroxyl groups is 3. The third kappa shape index (κ3) is 5.11. The Labute approximate surface area is 184 Å². The first-order chi connectivity index (χ1) is 14.3. The minimum absolute atomic E-state index is 0.0503. The Balaban J connectivity index is 1.72. The van der Waals surface area contributed by atoms with Crippen LogP contribution in [0.3, 0.4) is 0 Å². The van der Waals surface area contributed by atoms with Gasteiger partial charge < -0.3 is 15.3 Å². The van der Waals surface area contributed by atoms with Crippen molar-refractivity contribution in [2.75, 3.05) is 6.61 Å². The lowest BCUT2D eigenvalue weighted by Crippen LogP contribution is -2.36. The molecule has 0 aromatic carbocycles. The van der Waals surface area contributed by atoms with Gasteiger partial charge in [-0.3, -0.25) is 0 Å². The Hall–Kier alpha value is -0.900. The molecule has 0 saturated heterocycles. The summed E-state index contributed by atoms with van der Waals surface area (Å²) in [6, 6.07) is 0. The zero-order valence-corrected chi connectivity index (χ0v) is 19.6. The molecule has 3 fully saturated rings. The molecule has 30 heavy (non-hydrogen) atoms. The van der Waals surface area contributed by atoms with Crippen LogP contribution in [0.5, 0.6) is 0 Å². The fourth-order valence-corrected chi connectivity index (χ4v) is 7.02. The average Bonchev–Trinajstić information content (AvgIpc) is 3.03. The van der Waals surface area contributed by atoms with E-state index in [0.717, 1.165) is 23.3 Å². The van der Waals surface area contributed by atoms with E-state index in [1.807, 2.05) is 0 Å². The average molecular weight is 417 g/mol. The van der Waals surface area contributed by atoms with E-state index < -0.39 is 12.2 Å². The molecular formula is C27H44O3. The summed E-state index contributed by atoms with van der Waals surface area (Å²) in [4.78, 5) is 0. The molecule has 0 bridgehead atoms.